The highest BCUT2D eigenvalue weighted by Crippen LogP contribution is 2.16. The Labute approximate surface area is 138 Å². The average Bonchev–Trinajstić information content (AvgIpc) is 2.57. The number of benzene rings is 1. The average molecular weight is 335 g/mol. The Kier molecular flexibility index (Phi) is 6.34. The fourth-order valence-corrected chi connectivity index (χ4v) is 2.26. The molecule has 5 nitrogen and oxygen atoms in total. The van der Waals surface area contributed by atoms with E-state index >= 15 is 0 Å². The standard InChI is InChI=1S/C17H19F2N3O2/c1-12(17(24)21-16-5-4-14(18)9-15(16)19)22(7-8-23)11-13-3-2-6-20-10-13/h2-6,9-10,12,23H,7-8,11H2,1H3,(H,21,24). The maximum Gasteiger partial charge on any atom is 0.241 e. The number of anilines is 1. The Morgan fingerprint density at radius 2 is 2.17 bits per heavy atom. The summed E-state index contributed by atoms with van der Waals surface area (Å²) >= 11 is 0. The minimum absolute atomic E-state index is 0.0847. The van der Waals surface area contributed by atoms with Crippen LogP contribution in [0, 0.1) is 11.6 Å². The fourth-order valence-electron chi connectivity index (χ4n) is 2.26. The molecule has 0 aliphatic rings. The molecule has 1 atom stereocenters. The van der Waals surface area contributed by atoms with Gasteiger partial charge in [-0.2, -0.15) is 0 Å². The van der Waals surface area contributed by atoms with Crippen LogP contribution >= 0.6 is 0 Å². The van der Waals surface area contributed by atoms with Crippen molar-refractivity contribution < 1.29 is 18.7 Å². The third kappa shape index (κ3) is 4.81. The van der Waals surface area contributed by atoms with Crippen molar-refractivity contribution >= 4 is 11.6 Å². The third-order valence-electron chi connectivity index (χ3n) is 3.61. The Morgan fingerprint density at radius 3 is 2.79 bits per heavy atom. The minimum atomic E-state index is -0.837. The largest absolute Gasteiger partial charge is 0.395 e. The predicted octanol–water partition coefficient (Wildman–Crippen LogP) is 2.18. The van der Waals surface area contributed by atoms with Gasteiger partial charge in [0.1, 0.15) is 11.6 Å². The van der Waals surface area contributed by atoms with Crippen molar-refractivity contribution in [1.82, 2.24) is 9.88 Å². The molecule has 0 aliphatic heterocycles. The molecule has 0 spiro atoms. The van der Waals surface area contributed by atoms with Crippen molar-refractivity contribution in [2.75, 3.05) is 18.5 Å². The van der Waals surface area contributed by atoms with Crippen LogP contribution < -0.4 is 5.32 Å². The fraction of sp³-hybridized carbons (Fsp3) is 0.294. The Bertz CT molecular complexity index is 683. The van der Waals surface area contributed by atoms with Gasteiger partial charge in [-0.15, -0.1) is 0 Å². The van der Waals surface area contributed by atoms with Gasteiger partial charge < -0.3 is 10.4 Å². The van der Waals surface area contributed by atoms with Gasteiger partial charge in [0.15, 0.2) is 0 Å². The van der Waals surface area contributed by atoms with E-state index in [4.69, 9.17) is 0 Å². The Balaban J connectivity index is 2.07. The van der Waals surface area contributed by atoms with Crippen molar-refractivity contribution in [3.05, 3.63) is 59.9 Å². The zero-order valence-corrected chi connectivity index (χ0v) is 13.2. The number of aliphatic hydroxyl groups excluding tert-OH is 1. The van der Waals surface area contributed by atoms with Crippen LogP contribution in [0.1, 0.15) is 12.5 Å². The van der Waals surface area contributed by atoms with Crippen LogP contribution in [0.3, 0.4) is 0 Å². The van der Waals surface area contributed by atoms with E-state index in [1.807, 2.05) is 6.07 Å². The van der Waals surface area contributed by atoms with E-state index in [1.54, 1.807) is 30.3 Å². The molecule has 0 saturated heterocycles. The number of hydrogen-bond donors (Lipinski definition) is 2. The molecular formula is C17H19F2N3O2. The second-order valence-corrected chi connectivity index (χ2v) is 5.34. The molecule has 1 aromatic heterocycles. The van der Waals surface area contributed by atoms with Gasteiger partial charge in [0.2, 0.25) is 5.91 Å². The molecule has 1 amide bonds. The van der Waals surface area contributed by atoms with Crippen LogP contribution in [0.2, 0.25) is 0 Å². The van der Waals surface area contributed by atoms with E-state index in [0.717, 1.165) is 11.6 Å². The minimum Gasteiger partial charge on any atom is -0.395 e. The number of nitrogens with one attached hydrogen (secondary N) is 1. The van der Waals surface area contributed by atoms with Gasteiger partial charge >= 0.3 is 0 Å². The molecule has 1 unspecified atom stereocenters. The molecule has 0 fully saturated rings. The maximum atomic E-state index is 13.7. The van der Waals surface area contributed by atoms with Gasteiger partial charge in [-0.25, -0.2) is 8.78 Å². The summed E-state index contributed by atoms with van der Waals surface area (Å²) in [4.78, 5) is 18.1. The summed E-state index contributed by atoms with van der Waals surface area (Å²) in [7, 11) is 0. The molecule has 0 saturated carbocycles. The number of nitrogens with zero attached hydrogens (tertiary/aromatic N) is 2. The molecule has 24 heavy (non-hydrogen) atoms. The van der Waals surface area contributed by atoms with Gasteiger partial charge in [-0.3, -0.25) is 14.7 Å². The zero-order chi connectivity index (χ0) is 17.5. The van der Waals surface area contributed by atoms with E-state index < -0.39 is 23.6 Å². The highest BCUT2D eigenvalue weighted by molar-refractivity contribution is 5.94. The molecule has 1 aromatic carbocycles. The molecule has 0 bridgehead atoms. The lowest BCUT2D eigenvalue weighted by Crippen LogP contribution is -2.43. The van der Waals surface area contributed by atoms with Gasteiger partial charge in [0.25, 0.3) is 0 Å². The number of carbonyl (C=O) groups excluding carboxylic acids is 1. The number of pyridine rings is 1. The second-order valence-electron chi connectivity index (χ2n) is 5.34. The first-order valence-corrected chi connectivity index (χ1v) is 7.51. The highest BCUT2D eigenvalue weighted by Gasteiger charge is 2.22. The topological polar surface area (TPSA) is 65.5 Å². The van der Waals surface area contributed by atoms with Crippen LogP contribution in [0.15, 0.2) is 42.7 Å². The lowest BCUT2D eigenvalue weighted by molar-refractivity contribution is -0.121. The summed E-state index contributed by atoms with van der Waals surface area (Å²) in [6.45, 7) is 2.22. The lowest BCUT2D eigenvalue weighted by atomic mass is 10.2. The molecule has 2 rings (SSSR count). The van der Waals surface area contributed by atoms with Crippen molar-refractivity contribution in [3.63, 3.8) is 0 Å². The monoisotopic (exact) mass is 335 g/mol. The normalized spacial score (nSPS) is 12.2. The van der Waals surface area contributed by atoms with Crippen LogP contribution in [0.4, 0.5) is 14.5 Å². The van der Waals surface area contributed by atoms with Gasteiger partial charge in [-0.05, 0) is 30.7 Å². The maximum absolute atomic E-state index is 13.7. The van der Waals surface area contributed by atoms with Crippen LogP contribution in [0.5, 0.6) is 0 Å². The quantitative estimate of drug-likeness (QED) is 0.814. The number of hydrogen-bond acceptors (Lipinski definition) is 4. The molecule has 1 heterocycles. The predicted molar refractivity (Wildman–Crippen MR) is 86.2 cm³/mol. The number of rotatable bonds is 7. The van der Waals surface area contributed by atoms with E-state index in [-0.39, 0.29) is 18.8 Å². The number of amides is 1. The molecule has 0 aliphatic carbocycles. The molecule has 0 radical (unpaired) electrons. The van der Waals surface area contributed by atoms with E-state index in [1.165, 1.54) is 6.07 Å². The first-order valence-electron chi connectivity index (χ1n) is 7.51. The van der Waals surface area contributed by atoms with Crippen molar-refractivity contribution in [1.29, 1.82) is 0 Å². The number of aromatic nitrogens is 1. The molecular weight excluding hydrogens is 316 g/mol. The first-order chi connectivity index (χ1) is 11.5. The van der Waals surface area contributed by atoms with Crippen LogP contribution in [0.25, 0.3) is 0 Å². The Hall–Kier alpha value is -2.38. The molecule has 128 valence electrons. The SMILES string of the molecule is CC(C(=O)Nc1ccc(F)cc1F)N(CCO)Cc1cccnc1. The number of halogens is 2. The second kappa shape index (κ2) is 8.47. The van der Waals surface area contributed by atoms with E-state index in [9.17, 15) is 18.7 Å². The van der Waals surface area contributed by atoms with Crippen LogP contribution in [-0.4, -0.2) is 40.1 Å². The van der Waals surface area contributed by atoms with Crippen molar-refractivity contribution in [2.45, 2.75) is 19.5 Å². The number of carbonyl (C=O) groups is 1. The third-order valence-corrected chi connectivity index (χ3v) is 3.61. The highest BCUT2D eigenvalue weighted by atomic mass is 19.1. The molecule has 2 aromatic rings. The van der Waals surface area contributed by atoms with Gasteiger partial charge in [0, 0.05) is 31.5 Å². The van der Waals surface area contributed by atoms with Crippen LogP contribution in [-0.2, 0) is 11.3 Å². The van der Waals surface area contributed by atoms with Crippen molar-refractivity contribution in [2.24, 2.45) is 0 Å². The zero-order valence-electron chi connectivity index (χ0n) is 13.2. The summed E-state index contributed by atoms with van der Waals surface area (Å²) < 4.78 is 26.6. The summed E-state index contributed by atoms with van der Waals surface area (Å²) in [6, 6.07) is 5.98. The first kappa shape index (κ1) is 18.0. The summed E-state index contributed by atoms with van der Waals surface area (Å²) in [6.07, 6.45) is 3.32. The smallest absolute Gasteiger partial charge is 0.241 e. The van der Waals surface area contributed by atoms with Gasteiger partial charge in [0.05, 0.1) is 18.3 Å². The van der Waals surface area contributed by atoms with Crippen molar-refractivity contribution in [3.8, 4) is 0 Å². The number of aliphatic hydroxyl groups is 1. The van der Waals surface area contributed by atoms with E-state index in [0.29, 0.717) is 12.6 Å². The summed E-state index contributed by atoms with van der Waals surface area (Å²) in [5, 5.41) is 11.7. The molecule has 2 N–H and O–H groups in total. The summed E-state index contributed by atoms with van der Waals surface area (Å²) in [5.41, 5.74) is 0.803. The van der Waals surface area contributed by atoms with E-state index in [2.05, 4.69) is 10.3 Å². The Morgan fingerprint density at radius 1 is 1.38 bits per heavy atom. The van der Waals surface area contributed by atoms with Gasteiger partial charge in [-0.1, -0.05) is 6.07 Å². The summed E-state index contributed by atoms with van der Waals surface area (Å²) in [5.74, 6) is -1.99. The lowest BCUT2D eigenvalue weighted by Gasteiger charge is -2.27. The molecule has 7 heteroatoms.